The van der Waals surface area contributed by atoms with Crippen LogP contribution in [0.25, 0.3) is 17.2 Å². The highest BCUT2D eigenvalue weighted by Crippen LogP contribution is 2.29. The summed E-state index contributed by atoms with van der Waals surface area (Å²) in [5, 5.41) is 2.80. The summed E-state index contributed by atoms with van der Waals surface area (Å²) in [5.41, 5.74) is 1.97. The summed E-state index contributed by atoms with van der Waals surface area (Å²) in [6, 6.07) is 12.7. The van der Waals surface area contributed by atoms with Crippen molar-refractivity contribution >= 4 is 28.8 Å². The van der Waals surface area contributed by atoms with Crippen LogP contribution in [-0.2, 0) is 4.79 Å². The molecule has 0 saturated carbocycles. The Bertz CT molecular complexity index is 897. The number of hydrogen-bond donors (Lipinski definition) is 1. The van der Waals surface area contributed by atoms with Crippen molar-refractivity contribution in [3.63, 3.8) is 0 Å². The van der Waals surface area contributed by atoms with Gasteiger partial charge in [-0.2, -0.15) is 0 Å². The van der Waals surface area contributed by atoms with Crippen LogP contribution in [0.1, 0.15) is 19.7 Å². The lowest BCUT2D eigenvalue weighted by Gasteiger charge is -2.12. The van der Waals surface area contributed by atoms with Gasteiger partial charge in [0, 0.05) is 18.2 Å². The van der Waals surface area contributed by atoms with Crippen LogP contribution < -0.4 is 14.8 Å². The van der Waals surface area contributed by atoms with Gasteiger partial charge in [0.2, 0.25) is 11.8 Å². The van der Waals surface area contributed by atoms with E-state index in [4.69, 9.17) is 13.9 Å². The highest BCUT2D eigenvalue weighted by Gasteiger charge is 2.09. The van der Waals surface area contributed by atoms with Gasteiger partial charge >= 0.3 is 0 Å². The molecule has 0 atom stereocenters. The lowest BCUT2D eigenvalue weighted by Crippen LogP contribution is -2.10. The largest absolute Gasteiger partial charge is 0.494 e. The van der Waals surface area contributed by atoms with Crippen LogP contribution >= 0.6 is 0 Å². The minimum Gasteiger partial charge on any atom is -0.494 e. The van der Waals surface area contributed by atoms with E-state index >= 15 is 0 Å². The van der Waals surface area contributed by atoms with Crippen LogP contribution in [0.3, 0.4) is 0 Å². The lowest BCUT2D eigenvalue weighted by molar-refractivity contribution is -0.111. The molecule has 0 saturated heterocycles. The van der Waals surface area contributed by atoms with Crippen molar-refractivity contribution in [1.82, 2.24) is 4.98 Å². The summed E-state index contributed by atoms with van der Waals surface area (Å²) < 4.78 is 16.6. The van der Waals surface area contributed by atoms with Gasteiger partial charge in [-0.3, -0.25) is 4.79 Å². The fourth-order valence-corrected chi connectivity index (χ4v) is 2.43. The van der Waals surface area contributed by atoms with Crippen LogP contribution in [0.15, 0.2) is 53.0 Å². The summed E-state index contributed by atoms with van der Waals surface area (Å²) in [7, 11) is 0. The molecule has 0 unspecified atom stereocenters. The maximum Gasteiger partial charge on any atom is 0.248 e. The predicted molar refractivity (Wildman–Crippen MR) is 100 cm³/mol. The Morgan fingerprint density at radius 1 is 1.15 bits per heavy atom. The predicted octanol–water partition coefficient (Wildman–Crippen LogP) is 4.28. The first kappa shape index (κ1) is 17.5. The van der Waals surface area contributed by atoms with Gasteiger partial charge in [0.25, 0.3) is 0 Å². The molecule has 0 fully saturated rings. The third kappa shape index (κ3) is 4.22. The van der Waals surface area contributed by atoms with Gasteiger partial charge in [-0.05, 0) is 38.1 Å². The third-order valence-corrected chi connectivity index (χ3v) is 3.51. The monoisotopic (exact) mass is 352 g/mol. The van der Waals surface area contributed by atoms with E-state index in [9.17, 15) is 4.79 Å². The number of oxazole rings is 1. The first-order chi connectivity index (χ1) is 12.7. The van der Waals surface area contributed by atoms with Crippen LogP contribution in [0.2, 0.25) is 0 Å². The minimum atomic E-state index is -0.318. The molecule has 1 aromatic heterocycles. The number of anilines is 1. The molecule has 3 aromatic rings. The van der Waals surface area contributed by atoms with E-state index in [0.29, 0.717) is 41.9 Å². The van der Waals surface area contributed by atoms with E-state index in [1.807, 2.05) is 38.1 Å². The van der Waals surface area contributed by atoms with Gasteiger partial charge in [-0.25, -0.2) is 4.98 Å². The number of rotatable bonds is 7. The molecule has 1 heterocycles. The molecule has 6 heteroatoms. The smallest absolute Gasteiger partial charge is 0.248 e. The molecule has 3 rings (SSSR count). The first-order valence-electron chi connectivity index (χ1n) is 8.44. The molecular formula is C20H20N2O4. The first-order valence-corrected chi connectivity index (χ1v) is 8.44. The van der Waals surface area contributed by atoms with Gasteiger partial charge in [0.15, 0.2) is 5.58 Å². The Labute approximate surface area is 151 Å². The van der Waals surface area contributed by atoms with Crippen LogP contribution in [0.4, 0.5) is 5.69 Å². The Balaban J connectivity index is 1.74. The molecule has 1 amide bonds. The summed E-state index contributed by atoms with van der Waals surface area (Å²) in [5.74, 6) is 1.30. The Morgan fingerprint density at radius 2 is 1.96 bits per heavy atom. The zero-order valence-electron chi connectivity index (χ0n) is 14.7. The van der Waals surface area contributed by atoms with Crippen LogP contribution in [0.5, 0.6) is 11.5 Å². The van der Waals surface area contributed by atoms with Crippen LogP contribution in [-0.4, -0.2) is 24.1 Å². The number of carbonyl (C=O) groups excluding carboxylic acids is 1. The maximum absolute atomic E-state index is 12.3. The van der Waals surface area contributed by atoms with Crippen molar-refractivity contribution in [3.8, 4) is 11.5 Å². The topological polar surface area (TPSA) is 73.6 Å². The zero-order valence-corrected chi connectivity index (χ0v) is 14.7. The molecule has 26 heavy (non-hydrogen) atoms. The maximum atomic E-state index is 12.3. The number of hydrogen-bond acceptors (Lipinski definition) is 5. The summed E-state index contributed by atoms with van der Waals surface area (Å²) in [6.07, 6.45) is 2.90. The number of para-hydroxylation sites is 2. The molecular weight excluding hydrogens is 332 g/mol. The second-order valence-corrected chi connectivity index (χ2v) is 5.37. The van der Waals surface area contributed by atoms with Gasteiger partial charge in [0.05, 0.1) is 18.9 Å². The third-order valence-electron chi connectivity index (χ3n) is 3.51. The standard InChI is InChI=1S/C20H20N2O4/c1-3-24-14-9-10-17(25-4-2)16(13-14)21-19(23)11-12-20-22-15-7-5-6-8-18(15)26-20/h5-13H,3-4H2,1-2H3,(H,21,23)/b12-11+. The lowest BCUT2D eigenvalue weighted by atomic mass is 10.2. The van der Waals surface area contributed by atoms with Crippen molar-refractivity contribution in [1.29, 1.82) is 0 Å². The zero-order chi connectivity index (χ0) is 18.4. The molecule has 0 aliphatic carbocycles. The normalized spacial score (nSPS) is 11.0. The number of fused-ring (bicyclic) bond motifs is 1. The molecule has 0 bridgehead atoms. The van der Waals surface area contributed by atoms with Gasteiger partial charge < -0.3 is 19.2 Å². The molecule has 0 radical (unpaired) electrons. The van der Waals surface area contributed by atoms with Crippen molar-refractivity contribution in [2.75, 3.05) is 18.5 Å². The van der Waals surface area contributed by atoms with Gasteiger partial charge in [-0.15, -0.1) is 0 Å². The highest BCUT2D eigenvalue weighted by atomic mass is 16.5. The number of nitrogens with zero attached hydrogens (tertiary/aromatic N) is 1. The average Bonchev–Trinajstić information content (AvgIpc) is 3.05. The molecule has 134 valence electrons. The number of amides is 1. The van der Waals surface area contributed by atoms with Gasteiger partial charge in [0.1, 0.15) is 17.0 Å². The Kier molecular flexibility index (Phi) is 5.53. The molecule has 2 aromatic carbocycles. The Morgan fingerprint density at radius 3 is 2.73 bits per heavy atom. The Hall–Kier alpha value is -3.28. The number of aromatic nitrogens is 1. The van der Waals surface area contributed by atoms with E-state index in [-0.39, 0.29) is 5.91 Å². The van der Waals surface area contributed by atoms with Crippen LogP contribution in [0, 0.1) is 0 Å². The highest BCUT2D eigenvalue weighted by molar-refractivity contribution is 6.02. The number of benzene rings is 2. The second kappa shape index (κ2) is 8.20. The fourth-order valence-electron chi connectivity index (χ4n) is 2.43. The molecule has 6 nitrogen and oxygen atoms in total. The molecule has 1 N–H and O–H groups in total. The number of nitrogens with one attached hydrogen (secondary N) is 1. The van der Waals surface area contributed by atoms with Crippen molar-refractivity contribution in [3.05, 3.63) is 54.4 Å². The van der Waals surface area contributed by atoms with Crippen molar-refractivity contribution < 1.29 is 18.7 Å². The van der Waals surface area contributed by atoms with Crippen molar-refractivity contribution in [2.24, 2.45) is 0 Å². The van der Waals surface area contributed by atoms with E-state index in [0.717, 1.165) is 5.52 Å². The minimum absolute atomic E-state index is 0.318. The van der Waals surface area contributed by atoms with E-state index in [1.54, 1.807) is 18.2 Å². The summed E-state index contributed by atoms with van der Waals surface area (Å²) in [4.78, 5) is 16.6. The fraction of sp³-hybridized carbons (Fsp3) is 0.200. The van der Waals surface area contributed by atoms with Gasteiger partial charge in [-0.1, -0.05) is 12.1 Å². The summed E-state index contributed by atoms with van der Waals surface area (Å²) in [6.45, 7) is 4.82. The number of ether oxygens (including phenoxy) is 2. The molecule has 0 aliphatic heterocycles. The summed E-state index contributed by atoms with van der Waals surface area (Å²) >= 11 is 0. The van der Waals surface area contributed by atoms with E-state index in [2.05, 4.69) is 10.3 Å². The quantitative estimate of drug-likeness (QED) is 0.643. The SMILES string of the molecule is CCOc1ccc(OCC)c(NC(=O)/C=C/c2nc3ccccc3o2)c1. The second-order valence-electron chi connectivity index (χ2n) is 5.37. The van der Waals surface area contributed by atoms with E-state index < -0.39 is 0 Å². The molecule has 0 spiro atoms. The van der Waals surface area contributed by atoms with E-state index in [1.165, 1.54) is 12.2 Å². The number of carbonyl (C=O) groups is 1. The van der Waals surface area contributed by atoms with Crippen molar-refractivity contribution in [2.45, 2.75) is 13.8 Å². The molecule has 0 aliphatic rings. The average molecular weight is 352 g/mol.